The van der Waals surface area contributed by atoms with Gasteiger partial charge in [0.1, 0.15) is 6.10 Å². The van der Waals surface area contributed by atoms with Crippen LogP contribution in [0, 0.1) is 23.7 Å². The highest BCUT2D eigenvalue weighted by atomic mass is 19.4. The van der Waals surface area contributed by atoms with Crippen molar-refractivity contribution in [3.8, 4) is 11.4 Å². The molecule has 0 saturated heterocycles. The molecule has 5 nitrogen and oxygen atoms in total. The van der Waals surface area contributed by atoms with Gasteiger partial charge in [-0.1, -0.05) is 39.3 Å². The second kappa shape index (κ2) is 10.7. The summed E-state index contributed by atoms with van der Waals surface area (Å²) in [5.74, 6) is 1.60. The van der Waals surface area contributed by atoms with Crippen molar-refractivity contribution in [3.63, 3.8) is 0 Å². The predicted molar refractivity (Wildman–Crippen MR) is 151 cm³/mol. The summed E-state index contributed by atoms with van der Waals surface area (Å²) in [6.45, 7) is 6.59. The molecule has 0 amide bonds. The maximum absolute atomic E-state index is 14.2. The number of hydrogen-bond donors (Lipinski definition) is 0. The quantitative estimate of drug-likeness (QED) is 0.229. The van der Waals surface area contributed by atoms with E-state index in [0.717, 1.165) is 43.1 Å². The minimum atomic E-state index is -4.52. The van der Waals surface area contributed by atoms with Gasteiger partial charge in [0.2, 0.25) is 6.04 Å². The lowest BCUT2D eigenvalue weighted by Crippen LogP contribution is -2.39. The number of halogens is 3. The zero-order chi connectivity index (χ0) is 28.9. The number of ether oxygens (including phenoxy) is 1. The summed E-state index contributed by atoms with van der Waals surface area (Å²) < 4.78 is 52.9. The molecule has 0 unspecified atom stereocenters. The number of fused-ring (bicyclic) bond motifs is 1. The summed E-state index contributed by atoms with van der Waals surface area (Å²) >= 11 is 0. The molecule has 0 bridgehead atoms. The smallest absolute Gasteiger partial charge is 0.418 e. The van der Waals surface area contributed by atoms with Crippen molar-refractivity contribution >= 4 is 22.7 Å². The van der Waals surface area contributed by atoms with E-state index in [0.29, 0.717) is 29.1 Å². The van der Waals surface area contributed by atoms with Crippen LogP contribution in [0.3, 0.4) is 0 Å². The molecule has 5 rings (SSSR count). The highest BCUT2D eigenvalue weighted by Crippen LogP contribution is 2.46. The molecule has 2 aliphatic rings. The van der Waals surface area contributed by atoms with Gasteiger partial charge in [0, 0.05) is 25.7 Å². The van der Waals surface area contributed by atoms with Crippen molar-refractivity contribution in [3.05, 3.63) is 48.0 Å². The molecule has 0 N–H and O–H groups in total. The van der Waals surface area contributed by atoms with Crippen LogP contribution in [0.25, 0.3) is 22.4 Å². The Bertz CT molecular complexity index is 1390. The Morgan fingerprint density at radius 3 is 2.40 bits per heavy atom. The number of benzene rings is 2. The number of imidazole rings is 1. The van der Waals surface area contributed by atoms with Crippen molar-refractivity contribution in [2.75, 3.05) is 19.0 Å². The standard InChI is InChI=1S/C32H41F3N3O2/c1-19(2)23-15-11-20(3)17-28(23)40-31(39)29(21-12-13-21)38-27-10-8-7-9-26(27)37(6)30(38)22-14-16-25(36(4)5)24(18-22)32(33,34)35/h7-10,14,16,18-21,23,28-29H,11-13,15,17H2,1-6H3/q+1/t20-,23+,28-,29-/m1/s1. The molecule has 3 aromatic rings. The van der Waals surface area contributed by atoms with Crippen molar-refractivity contribution in [1.82, 2.24) is 4.57 Å². The Morgan fingerprint density at radius 1 is 1.07 bits per heavy atom. The number of esters is 1. The Kier molecular flexibility index (Phi) is 7.66. The van der Waals surface area contributed by atoms with Crippen LogP contribution >= 0.6 is 0 Å². The molecule has 2 saturated carbocycles. The van der Waals surface area contributed by atoms with E-state index in [2.05, 4.69) is 20.8 Å². The number of carbonyl (C=O) groups is 1. The minimum absolute atomic E-state index is 0.0868. The minimum Gasteiger partial charge on any atom is -0.459 e. The molecule has 2 fully saturated rings. The first-order chi connectivity index (χ1) is 18.9. The summed E-state index contributed by atoms with van der Waals surface area (Å²) in [7, 11) is 5.07. The molecule has 2 aromatic carbocycles. The van der Waals surface area contributed by atoms with Crippen LogP contribution in [0.4, 0.5) is 18.9 Å². The van der Waals surface area contributed by atoms with Gasteiger partial charge in [-0.05, 0) is 73.8 Å². The Hall–Kier alpha value is -3.03. The van der Waals surface area contributed by atoms with E-state index in [-0.39, 0.29) is 23.7 Å². The number of hydrogen-bond acceptors (Lipinski definition) is 3. The Labute approximate surface area is 234 Å². The fourth-order valence-corrected chi connectivity index (χ4v) is 6.64. The normalized spacial score (nSPS) is 22.5. The molecule has 0 aliphatic heterocycles. The van der Waals surface area contributed by atoms with E-state index < -0.39 is 17.8 Å². The number of aromatic nitrogens is 2. The van der Waals surface area contributed by atoms with Crippen LogP contribution in [0.5, 0.6) is 0 Å². The second-order valence-corrected chi connectivity index (χ2v) is 12.4. The topological polar surface area (TPSA) is 38.4 Å². The number of aryl methyl sites for hydroxylation is 1. The Balaban J connectivity index is 1.64. The molecule has 4 atom stereocenters. The van der Waals surface area contributed by atoms with Crippen molar-refractivity contribution in [2.24, 2.45) is 30.7 Å². The number of para-hydroxylation sites is 2. The summed E-state index contributed by atoms with van der Waals surface area (Å²) in [5.41, 5.74) is 1.49. The van der Waals surface area contributed by atoms with Crippen LogP contribution in [-0.4, -0.2) is 30.7 Å². The van der Waals surface area contributed by atoms with Crippen molar-refractivity contribution in [1.29, 1.82) is 0 Å². The number of carbonyl (C=O) groups excluding carboxylic acids is 1. The van der Waals surface area contributed by atoms with Crippen molar-refractivity contribution < 1.29 is 27.3 Å². The molecule has 1 heterocycles. The molecule has 0 radical (unpaired) electrons. The molecule has 1 aromatic heterocycles. The lowest BCUT2D eigenvalue weighted by atomic mass is 9.75. The molecule has 216 valence electrons. The van der Waals surface area contributed by atoms with E-state index in [9.17, 15) is 18.0 Å². The molecule has 40 heavy (non-hydrogen) atoms. The molecule has 0 spiro atoms. The third kappa shape index (κ3) is 5.34. The number of rotatable bonds is 7. The van der Waals surface area contributed by atoms with Gasteiger partial charge < -0.3 is 9.64 Å². The predicted octanol–water partition coefficient (Wildman–Crippen LogP) is 7.17. The van der Waals surface area contributed by atoms with Gasteiger partial charge in [0.25, 0.3) is 5.82 Å². The first kappa shape index (κ1) is 28.5. The molecular formula is C32H41F3N3O2+. The van der Waals surface area contributed by atoms with Gasteiger partial charge in [-0.2, -0.15) is 13.2 Å². The zero-order valence-corrected chi connectivity index (χ0v) is 24.3. The second-order valence-electron chi connectivity index (χ2n) is 12.4. The monoisotopic (exact) mass is 556 g/mol. The van der Waals surface area contributed by atoms with E-state index in [1.807, 2.05) is 40.4 Å². The third-order valence-electron chi connectivity index (χ3n) is 8.91. The Morgan fingerprint density at radius 2 is 1.77 bits per heavy atom. The average molecular weight is 557 g/mol. The molecule has 8 heteroatoms. The first-order valence-electron chi connectivity index (χ1n) is 14.5. The lowest BCUT2D eigenvalue weighted by Gasteiger charge is -2.37. The van der Waals surface area contributed by atoms with Gasteiger partial charge in [0.15, 0.2) is 11.0 Å². The van der Waals surface area contributed by atoms with Crippen LogP contribution in [0.2, 0.25) is 0 Å². The summed E-state index contributed by atoms with van der Waals surface area (Å²) in [5, 5.41) is 0. The third-order valence-corrected chi connectivity index (χ3v) is 8.91. The molecular weight excluding hydrogens is 515 g/mol. The van der Waals surface area contributed by atoms with Crippen LogP contribution in [0.1, 0.15) is 64.5 Å². The summed E-state index contributed by atoms with van der Waals surface area (Å²) in [4.78, 5) is 15.6. The van der Waals surface area contributed by atoms with Gasteiger partial charge in [-0.25, -0.2) is 13.9 Å². The lowest BCUT2D eigenvalue weighted by molar-refractivity contribution is -0.634. The van der Waals surface area contributed by atoms with Gasteiger partial charge in [-0.3, -0.25) is 0 Å². The highest BCUT2D eigenvalue weighted by Gasteiger charge is 2.47. The SMILES string of the molecule is CC(C)[C@@H]1CC[C@@H](C)C[C@H]1OC(=O)[C@@H](C1CC1)n1c(-c2ccc(N(C)C)c(C(F)(F)F)c2)[n+](C)c2ccccc21. The van der Waals surface area contributed by atoms with Gasteiger partial charge in [0.05, 0.1) is 18.2 Å². The highest BCUT2D eigenvalue weighted by molar-refractivity contribution is 5.83. The largest absolute Gasteiger partial charge is 0.459 e. The zero-order valence-electron chi connectivity index (χ0n) is 24.3. The van der Waals surface area contributed by atoms with E-state index >= 15 is 0 Å². The first-order valence-corrected chi connectivity index (χ1v) is 14.5. The fraction of sp³-hybridized carbons (Fsp3) is 0.562. The maximum Gasteiger partial charge on any atom is 0.418 e. The average Bonchev–Trinajstić information content (AvgIpc) is 3.68. The summed E-state index contributed by atoms with van der Waals surface area (Å²) in [6, 6.07) is 11.6. The number of anilines is 1. The van der Waals surface area contributed by atoms with Gasteiger partial charge in [-0.15, -0.1) is 0 Å². The number of alkyl halides is 3. The van der Waals surface area contributed by atoms with E-state index in [1.165, 1.54) is 17.0 Å². The molecule has 2 aliphatic carbocycles. The van der Waals surface area contributed by atoms with E-state index in [4.69, 9.17) is 4.74 Å². The van der Waals surface area contributed by atoms with Crippen molar-refractivity contribution in [2.45, 2.75) is 71.2 Å². The summed E-state index contributed by atoms with van der Waals surface area (Å²) in [6.07, 6.45) is 0.122. The fourth-order valence-electron chi connectivity index (χ4n) is 6.64. The van der Waals surface area contributed by atoms with Crippen LogP contribution in [-0.2, 0) is 22.8 Å². The maximum atomic E-state index is 14.2. The number of nitrogens with zero attached hydrogens (tertiary/aromatic N) is 3. The van der Waals surface area contributed by atoms with Crippen LogP contribution < -0.4 is 9.47 Å². The van der Waals surface area contributed by atoms with Crippen LogP contribution in [0.15, 0.2) is 42.5 Å². The van der Waals surface area contributed by atoms with Gasteiger partial charge >= 0.3 is 12.1 Å². The van der Waals surface area contributed by atoms with E-state index in [1.54, 1.807) is 20.2 Å².